The van der Waals surface area contributed by atoms with Crippen molar-refractivity contribution in [3.05, 3.63) is 11.6 Å². The first-order valence-corrected chi connectivity index (χ1v) is 2.28. The molecule has 3 heteroatoms. The highest BCUT2D eigenvalue weighted by Crippen LogP contribution is 2.02. The summed E-state index contributed by atoms with van der Waals surface area (Å²) in [6.45, 7) is 0. The number of aromatic nitrogens is 1. The Kier molecular flexibility index (Phi) is 0.542. The van der Waals surface area contributed by atoms with Crippen LogP contribution in [0.5, 0.6) is 0 Å². The van der Waals surface area contributed by atoms with E-state index < -0.39 is 0 Å². The van der Waals surface area contributed by atoms with Gasteiger partial charge >= 0.3 is 0 Å². The molecule has 0 aromatic carbocycles. The van der Waals surface area contributed by atoms with Crippen LogP contribution in [0.15, 0.2) is 11.6 Å². The molecule has 1 rings (SSSR count). The molecule has 0 spiro atoms. The number of thiazole rings is 1. The minimum Gasteiger partial charge on any atom is -0.375 e. The van der Waals surface area contributed by atoms with Gasteiger partial charge in [-0.15, -0.1) is 11.3 Å². The van der Waals surface area contributed by atoms with Crippen molar-refractivity contribution in [2.24, 2.45) is 0 Å². The van der Waals surface area contributed by atoms with Gasteiger partial charge in [0.15, 0.2) is 5.13 Å². The zero-order chi connectivity index (χ0) is 5.28. The van der Waals surface area contributed by atoms with Gasteiger partial charge in [0.1, 0.15) is 0 Å². The molecule has 2 N–H and O–H groups in total. The monoisotopic (exact) mass is 101 g/mol. The van der Waals surface area contributed by atoms with Crippen molar-refractivity contribution >= 4 is 16.5 Å². The Morgan fingerprint density at radius 3 is 3.17 bits per heavy atom. The van der Waals surface area contributed by atoms with Crippen molar-refractivity contribution in [1.29, 1.82) is 0 Å². The van der Waals surface area contributed by atoms with Gasteiger partial charge in [0.2, 0.25) is 0 Å². The van der Waals surface area contributed by atoms with E-state index in [-0.39, 0.29) is 0 Å². The smallest absolute Gasteiger partial charge is 0.179 e. The molecule has 0 saturated heterocycles. The average molecular weight is 101 g/mol. The van der Waals surface area contributed by atoms with Crippen LogP contribution in [0.25, 0.3) is 0 Å². The number of nitrogens with two attached hydrogens (primary N) is 1. The highest BCUT2D eigenvalue weighted by Gasteiger charge is 1.76. The second-order valence-corrected chi connectivity index (χ2v) is 1.67. The maximum absolute atomic E-state index is 6.89. The largest absolute Gasteiger partial charge is 0.375 e. The second-order valence-electron chi connectivity index (χ2n) is 0.816. The molecule has 0 unspecified atom stereocenters. The molecule has 0 aliphatic rings. The van der Waals surface area contributed by atoms with E-state index >= 15 is 0 Å². The summed E-state index contributed by atoms with van der Waals surface area (Å²) in [4.78, 5) is 3.62. The van der Waals surface area contributed by atoms with E-state index in [0.29, 0.717) is 10.5 Å². The fourth-order valence-electron chi connectivity index (χ4n) is 0.203. The molecule has 0 bridgehead atoms. The maximum atomic E-state index is 6.89. The normalized spacial score (nSPS) is 11.0. The Morgan fingerprint density at radius 2 is 3.00 bits per heavy atom. The Balaban J connectivity index is 3.04. The molecule has 1 aromatic rings. The van der Waals surface area contributed by atoms with Crippen molar-refractivity contribution in [1.82, 2.24) is 4.98 Å². The zero-order valence-corrected chi connectivity index (χ0v) is 3.83. The quantitative estimate of drug-likeness (QED) is 0.523. The van der Waals surface area contributed by atoms with E-state index in [1.165, 1.54) is 17.5 Å². The lowest BCUT2D eigenvalue weighted by atomic mass is 11.0. The van der Waals surface area contributed by atoms with Crippen LogP contribution < -0.4 is 5.73 Å². The third-order valence-electron chi connectivity index (χ3n) is 0.408. The van der Waals surface area contributed by atoms with Gasteiger partial charge in [-0.2, -0.15) is 0 Å². The first-order chi connectivity index (χ1) is 3.29. The van der Waals surface area contributed by atoms with E-state index in [1.807, 2.05) is 0 Å². The minimum atomic E-state index is 0.414. The Bertz CT molecular complexity index is 145. The molecular formula is C3H4N2S. The number of anilines is 1. The molecular weight excluding hydrogens is 96.1 g/mol. The van der Waals surface area contributed by atoms with Gasteiger partial charge in [-0.3, -0.25) is 0 Å². The van der Waals surface area contributed by atoms with Gasteiger partial charge in [-0.1, -0.05) is 0 Å². The minimum absolute atomic E-state index is 0.414. The first-order valence-electron chi connectivity index (χ1n) is 1.97. The molecule has 2 nitrogen and oxygen atoms in total. The molecule has 0 atom stereocenters. The molecule has 0 aliphatic heterocycles. The van der Waals surface area contributed by atoms with Crippen molar-refractivity contribution in [3.63, 3.8) is 0 Å². The number of hydrogen-bond acceptors (Lipinski definition) is 3. The van der Waals surface area contributed by atoms with E-state index in [0.717, 1.165) is 0 Å². The maximum Gasteiger partial charge on any atom is 0.179 e. The molecule has 1 aromatic heterocycles. The summed E-state index contributed by atoms with van der Waals surface area (Å²) in [7, 11) is 0. The molecule has 32 valence electrons. The van der Waals surface area contributed by atoms with Crippen LogP contribution in [0.3, 0.4) is 0 Å². The van der Waals surface area contributed by atoms with Gasteiger partial charge in [-0.05, 0) is 0 Å². The lowest BCUT2D eigenvalue weighted by molar-refractivity contribution is 1.43. The molecule has 0 amide bonds. The van der Waals surface area contributed by atoms with Gasteiger partial charge in [0.25, 0.3) is 0 Å². The van der Waals surface area contributed by atoms with Gasteiger partial charge in [0.05, 0.1) is 1.37 Å². The molecule has 0 fully saturated rings. The SMILES string of the molecule is [2H]c1cnc(N)s1. The highest BCUT2D eigenvalue weighted by molar-refractivity contribution is 7.13. The van der Waals surface area contributed by atoms with Crippen LogP contribution in [-0.2, 0) is 0 Å². The average Bonchev–Trinajstić information content (AvgIpc) is 1.87. The standard InChI is InChI=1S/C3H4N2S/c4-3-5-1-2-6-3/h1-2H,(H2,4,5)/i2D. The van der Waals surface area contributed by atoms with Crippen LogP contribution >= 0.6 is 11.3 Å². The molecule has 0 aliphatic carbocycles. The van der Waals surface area contributed by atoms with Crippen molar-refractivity contribution < 1.29 is 1.37 Å². The third-order valence-corrected chi connectivity index (χ3v) is 0.946. The topological polar surface area (TPSA) is 38.9 Å². The van der Waals surface area contributed by atoms with Crippen LogP contribution in [0.1, 0.15) is 1.37 Å². The number of rotatable bonds is 0. The Labute approximate surface area is 41.0 Å². The summed E-state index contributed by atoms with van der Waals surface area (Å²) in [5.41, 5.74) is 5.17. The van der Waals surface area contributed by atoms with Crippen LogP contribution in [0.2, 0.25) is 0 Å². The Hall–Kier alpha value is -0.570. The number of hydrogen-bond donors (Lipinski definition) is 1. The van der Waals surface area contributed by atoms with Crippen molar-refractivity contribution in [2.75, 3.05) is 5.73 Å². The van der Waals surface area contributed by atoms with E-state index in [9.17, 15) is 0 Å². The Morgan fingerprint density at radius 1 is 2.17 bits per heavy atom. The van der Waals surface area contributed by atoms with E-state index in [4.69, 9.17) is 7.10 Å². The predicted molar refractivity (Wildman–Crippen MR) is 26.5 cm³/mol. The molecule has 0 radical (unpaired) electrons. The van der Waals surface area contributed by atoms with Gasteiger partial charge < -0.3 is 5.73 Å². The second kappa shape index (κ2) is 1.26. The number of nitrogen functional groups attached to an aromatic ring is 1. The zero-order valence-electron chi connectivity index (χ0n) is 4.01. The van der Waals surface area contributed by atoms with Gasteiger partial charge in [-0.25, -0.2) is 4.98 Å². The highest BCUT2D eigenvalue weighted by atomic mass is 32.1. The lowest BCUT2D eigenvalue weighted by Gasteiger charge is -1.67. The van der Waals surface area contributed by atoms with Crippen LogP contribution in [0.4, 0.5) is 5.13 Å². The predicted octanol–water partition coefficient (Wildman–Crippen LogP) is 0.725. The van der Waals surface area contributed by atoms with E-state index in [1.54, 1.807) is 0 Å². The fraction of sp³-hybridized carbons (Fsp3) is 0. The first kappa shape index (κ1) is 2.58. The summed E-state index contributed by atoms with van der Waals surface area (Å²) < 4.78 is 6.89. The summed E-state index contributed by atoms with van der Waals surface area (Å²) in [5, 5.41) is 0.877. The molecule has 0 saturated carbocycles. The summed E-state index contributed by atoms with van der Waals surface area (Å²) in [6.07, 6.45) is 1.43. The van der Waals surface area contributed by atoms with Crippen molar-refractivity contribution in [2.45, 2.75) is 0 Å². The van der Waals surface area contributed by atoms with E-state index in [2.05, 4.69) is 4.98 Å². The third kappa shape index (κ3) is 0.490. The fourth-order valence-corrected chi connectivity index (χ4v) is 0.535. The van der Waals surface area contributed by atoms with Gasteiger partial charge in [0, 0.05) is 11.6 Å². The lowest BCUT2D eigenvalue weighted by Crippen LogP contribution is -1.77. The van der Waals surface area contributed by atoms with Crippen LogP contribution in [0, 0.1) is 0 Å². The molecule has 1 heterocycles. The van der Waals surface area contributed by atoms with Crippen LogP contribution in [-0.4, -0.2) is 4.98 Å². The summed E-state index contributed by atoms with van der Waals surface area (Å²) in [6, 6.07) is 0. The molecule has 6 heavy (non-hydrogen) atoms. The summed E-state index contributed by atoms with van der Waals surface area (Å²) >= 11 is 1.18. The van der Waals surface area contributed by atoms with Crippen molar-refractivity contribution in [3.8, 4) is 0 Å². The number of nitrogens with zero attached hydrogens (tertiary/aromatic N) is 1. The summed E-state index contributed by atoms with van der Waals surface area (Å²) in [5.74, 6) is 0.